The van der Waals surface area contributed by atoms with E-state index in [4.69, 9.17) is 4.74 Å². The van der Waals surface area contributed by atoms with Crippen molar-refractivity contribution < 1.29 is 9.53 Å². The van der Waals surface area contributed by atoms with Gasteiger partial charge in [-0.1, -0.05) is 0 Å². The molecule has 0 aliphatic heterocycles. The third kappa shape index (κ3) is 5.19. The van der Waals surface area contributed by atoms with Crippen molar-refractivity contribution in [3.8, 4) is 0 Å². The molecule has 0 fully saturated rings. The Kier molecular flexibility index (Phi) is 6.87. The number of methoxy groups -OCH3 is 1. The molecule has 0 aliphatic carbocycles. The van der Waals surface area contributed by atoms with Gasteiger partial charge in [0.15, 0.2) is 0 Å². The highest BCUT2D eigenvalue weighted by molar-refractivity contribution is 5.94. The summed E-state index contributed by atoms with van der Waals surface area (Å²) in [6, 6.07) is 7.51. The highest BCUT2D eigenvalue weighted by Crippen LogP contribution is 2.09. The smallest absolute Gasteiger partial charge is 0.251 e. The first kappa shape index (κ1) is 14.5. The number of carbonyl (C=O) groups excluding carboxylic acids is 1. The lowest BCUT2D eigenvalue weighted by molar-refractivity contribution is 0.0951. The fourth-order valence-corrected chi connectivity index (χ4v) is 1.62. The summed E-state index contributed by atoms with van der Waals surface area (Å²) < 4.78 is 4.95. The monoisotopic (exact) mass is 250 g/mol. The summed E-state index contributed by atoms with van der Waals surface area (Å²) in [4.78, 5) is 11.8. The topological polar surface area (TPSA) is 50.4 Å². The Hall–Kier alpha value is -1.55. The number of rotatable bonds is 8. The highest BCUT2D eigenvalue weighted by Gasteiger charge is 2.03. The zero-order valence-electron chi connectivity index (χ0n) is 11.2. The Morgan fingerprint density at radius 2 is 1.94 bits per heavy atom. The van der Waals surface area contributed by atoms with E-state index in [0.29, 0.717) is 12.1 Å². The van der Waals surface area contributed by atoms with Gasteiger partial charge in [0.25, 0.3) is 5.91 Å². The zero-order valence-corrected chi connectivity index (χ0v) is 11.2. The first-order chi connectivity index (χ1) is 8.77. The summed E-state index contributed by atoms with van der Waals surface area (Å²) in [5, 5.41) is 6.09. The standard InChI is InChI=1S/C14H22N2O2/c1-3-15-13-8-6-12(7-9-13)14(17)16-10-4-5-11-18-2/h6-9,15H,3-5,10-11H2,1-2H3,(H,16,17). The predicted molar refractivity (Wildman–Crippen MR) is 74.0 cm³/mol. The van der Waals surface area contributed by atoms with E-state index in [1.165, 1.54) is 0 Å². The first-order valence-corrected chi connectivity index (χ1v) is 6.39. The number of benzene rings is 1. The van der Waals surface area contributed by atoms with Gasteiger partial charge >= 0.3 is 0 Å². The predicted octanol–water partition coefficient (Wildman–Crippen LogP) is 2.27. The second kappa shape index (κ2) is 8.53. The van der Waals surface area contributed by atoms with E-state index in [9.17, 15) is 4.79 Å². The number of hydrogen-bond acceptors (Lipinski definition) is 3. The van der Waals surface area contributed by atoms with Crippen LogP contribution in [-0.2, 0) is 4.74 Å². The largest absolute Gasteiger partial charge is 0.385 e. The van der Waals surface area contributed by atoms with Gasteiger partial charge in [0.05, 0.1) is 0 Å². The van der Waals surface area contributed by atoms with Crippen LogP contribution < -0.4 is 10.6 Å². The van der Waals surface area contributed by atoms with E-state index in [2.05, 4.69) is 10.6 Å². The quantitative estimate of drug-likeness (QED) is 0.696. The molecule has 0 spiro atoms. The van der Waals surface area contributed by atoms with Crippen LogP contribution in [0.3, 0.4) is 0 Å². The van der Waals surface area contributed by atoms with Gasteiger partial charge in [-0.3, -0.25) is 4.79 Å². The van der Waals surface area contributed by atoms with Crippen molar-refractivity contribution in [2.24, 2.45) is 0 Å². The van der Waals surface area contributed by atoms with Crippen LogP contribution in [0.2, 0.25) is 0 Å². The van der Waals surface area contributed by atoms with Crippen LogP contribution in [-0.4, -0.2) is 32.7 Å². The molecule has 2 N–H and O–H groups in total. The summed E-state index contributed by atoms with van der Waals surface area (Å²) in [6.07, 6.45) is 1.91. The van der Waals surface area contributed by atoms with Gasteiger partial charge in [0.2, 0.25) is 0 Å². The molecule has 0 bridgehead atoms. The molecule has 0 saturated heterocycles. The molecule has 0 heterocycles. The van der Waals surface area contributed by atoms with Gasteiger partial charge < -0.3 is 15.4 Å². The number of unbranched alkanes of at least 4 members (excludes halogenated alkanes) is 1. The van der Waals surface area contributed by atoms with Gasteiger partial charge in [-0.15, -0.1) is 0 Å². The number of nitrogens with one attached hydrogen (secondary N) is 2. The Labute approximate surface area is 109 Å². The molecule has 1 amide bonds. The normalized spacial score (nSPS) is 10.1. The Balaban J connectivity index is 2.32. The van der Waals surface area contributed by atoms with Crippen molar-refractivity contribution >= 4 is 11.6 Å². The molecule has 0 radical (unpaired) electrons. The molecule has 4 nitrogen and oxygen atoms in total. The minimum absolute atomic E-state index is 0.0181. The second-order valence-corrected chi connectivity index (χ2v) is 4.06. The summed E-state index contributed by atoms with van der Waals surface area (Å²) in [7, 11) is 1.68. The van der Waals surface area contributed by atoms with Gasteiger partial charge in [0, 0.05) is 38.1 Å². The van der Waals surface area contributed by atoms with E-state index in [1.54, 1.807) is 7.11 Å². The van der Waals surface area contributed by atoms with Crippen LogP contribution in [0.5, 0.6) is 0 Å². The maximum absolute atomic E-state index is 11.8. The molecular formula is C14H22N2O2. The molecule has 4 heteroatoms. The molecule has 1 aromatic rings. The Morgan fingerprint density at radius 1 is 1.22 bits per heavy atom. The Morgan fingerprint density at radius 3 is 2.56 bits per heavy atom. The van der Waals surface area contributed by atoms with Crippen LogP contribution in [0.15, 0.2) is 24.3 Å². The molecular weight excluding hydrogens is 228 g/mol. The highest BCUT2D eigenvalue weighted by atomic mass is 16.5. The second-order valence-electron chi connectivity index (χ2n) is 4.06. The van der Waals surface area contributed by atoms with E-state index in [1.807, 2.05) is 31.2 Å². The summed E-state index contributed by atoms with van der Waals surface area (Å²) in [6.45, 7) is 4.36. The fourth-order valence-electron chi connectivity index (χ4n) is 1.62. The molecule has 0 unspecified atom stereocenters. The van der Waals surface area contributed by atoms with Crippen LogP contribution in [0.4, 0.5) is 5.69 Å². The fraction of sp³-hybridized carbons (Fsp3) is 0.500. The summed E-state index contributed by atoms with van der Waals surface area (Å²) in [5.41, 5.74) is 1.73. The minimum Gasteiger partial charge on any atom is -0.385 e. The average Bonchev–Trinajstić information content (AvgIpc) is 2.39. The lowest BCUT2D eigenvalue weighted by Gasteiger charge is -2.06. The van der Waals surface area contributed by atoms with Gasteiger partial charge in [0.1, 0.15) is 0 Å². The van der Waals surface area contributed by atoms with Crippen LogP contribution in [0.25, 0.3) is 0 Å². The van der Waals surface area contributed by atoms with Crippen molar-refractivity contribution in [1.82, 2.24) is 5.32 Å². The molecule has 18 heavy (non-hydrogen) atoms. The molecule has 1 rings (SSSR count). The van der Waals surface area contributed by atoms with Crippen molar-refractivity contribution in [3.05, 3.63) is 29.8 Å². The van der Waals surface area contributed by atoms with Crippen molar-refractivity contribution in [2.45, 2.75) is 19.8 Å². The van der Waals surface area contributed by atoms with E-state index in [-0.39, 0.29) is 5.91 Å². The molecule has 0 atom stereocenters. The maximum Gasteiger partial charge on any atom is 0.251 e. The number of hydrogen-bond donors (Lipinski definition) is 2. The lowest BCUT2D eigenvalue weighted by Crippen LogP contribution is -2.24. The third-order valence-electron chi connectivity index (χ3n) is 2.59. The van der Waals surface area contributed by atoms with Gasteiger partial charge in [-0.2, -0.15) is 0 Å². The van der Waals surface area contributed by atoms with Crippen LogP contribution >= 0.6 is 0 Å². The number of anilines is 1. The van der Waals surface area contributed by atoms with Gasteiger partial charge in [-0.05, 0) is 44.0 Å². The summed E-state index contributed by atoms with van der Waals surface area (Å²) >= 11 is 0. The summed E-state index contributed by atoms with van der Waals surface area (Å²) in [5.74, 6) is -0.0181. The Bertz CT molecular complexity index is 349. The molecule has 0 aromatic heterocycles. The van der Waals surface area contributed by atoms with Gasteiger partial charge in [-0.25, -0.2) is 0 Å². The number of amides is 1. The molecule has 100 valence electrons. The molecule has 0 saturated carbocycles. The van der Waals surface area contributed by atoms with Crippen molar-refractivity contribution in [1.29, 1.82) is 0 Å². The molecule has 0 aliphatic rings. The zero-order chi connectivity index (χ0) is 13.2. The van der Waals surface area contributed by atoms with Crippen LogP contribution in [0.1, 0.15) is 30.1 Å². The average molecular weight is 250 g/mol. The van der Waals surface area contributed by atoms with Crippen molar-refractivity contribution in [2.75, 3.05) is 32.1 Å². The SMILES string of the molecule is CCNc1ccc(C(=O)NCCCCOC)cc1. The lowest BCUT2D eigenvalue weighted by atomic mass is 10.2. The first-order valence-electron chi connectivity index (χ1n) is 6.39. The van der Waals surface area contributed by atoms with E-state index < -0.39 is 0 Å². The maximum atomic E-state index is 11.8. The van der Waals surface area contributed by atoms with E-state index >= 15 is 0 Å². The van der Waals surface area contributed by atoms with Crippen LogP contribution in [0, 0.1) is 0 Å². The number of carbonyl (C=O) groups is 1. The number of ether oxygens (including phenoxy) is 1. The third-order valence-corrected chi connectivity index (χ3v) is 2.59. The van der Waals surface area contributed by atoms with Crippen molar-refractivity contribution in [3.63, 3.8) is 0 Å². The molecule has 1 aromatic carbocycles. The van der Waals surface area contributed by atoms with E-state index in [0.717, 1.165) is 31.7 Å². The minimum atomic E-state index is -0.0181.